The number of aromatic carboxylic acids is 1. The molecule has 2 aromatic rings. The Morgan fingerprint density at radius 2 is 2.06 bits per heavy atom. The Hall–Kier alpha value is -1.88. The van der Waals surface area contributed by atoms with Crippen molar-refractivity contribution in [2.75, 3.05) is 5.73 Å². The number of hydrogen-bond acceptors (Lipinski definition) is 4. The van der Waals surface area contributed by atoms with Crippen LogP contribution in [-0.4, -0.2) is 16.1 Å². The summed E-state index contributed by atoms with van der Waals surface area (Å²) < 4.78 is 0. The van der Waals surface area contributed by atoms with E-state index < -0.39 is 5.97 Å². The number of aryl methyl sites for hydroxylation is 1. The molecule has 0 unspecified atom stereocenters. The fourth-order valence-corrected chi connectivity index (χ4v) is 2.43. The number of rotatable bonds is 3. The van der Waals surface area contributed by atoms with Gasteiger partial charge >= 0.3 is 5.97 Å². The quantitative estimate of drug-likeness (QED) is 0.874. The fraction of sp³-hybridized carbons (Fsp3) is 0.167. The van der Waals surface area contributed by atoms with Gasteiger partial charge in [0.15, 0.2) is 5.13 Å². The van der Waals surface area contributed by atoms with Gasteiger partial charge in [0.1, 0.15) is 0 Å². The third-order valence-electron chi connectivity index (χ3n) is 2.47. The molecule has 0 atom stereocenters. The fourth-order valence-electron chi connectivity index (χ4n) is 1.57. The highest BCUT2D eigenvalue weighted by atomic mass is 32.1. The standard InChI is InChI=1S/C12H12N2O2S/c1-7-10(17-12(13)14-7)6-8-2-4-9(5-3-8)11(15)16/h2-5H,6H2,1H3,(H2,13,14)(H,15,16). The largest absolute Gasteiger partial charge is 0.478 e. The van der Waals surface area contributed by atoms with Crippen LogP contribution in [0.5, 0.6) is 0 Å². The van der Waals surface area contributed by atoms with E-state index in [-0.39, 0.29) is 0 Å². The first-order valence-corrected chi connectivity index (χ1v) is 5.92. The lowest BCUT2D eigenvalue weighted by atomic mass is 10.1. The van der Waals surface area contributed by atoms with Gasteiger partial charge in [-0.15, -0.1) is 11.3 Å². The lowest BCUT2D eigenvalue weighted by Gasteiger charge is -2.00. The summed E-state index contributed by atoms with van der Waals surface area (Å²) in [6.07, 6.45) is 0.737. The Labute approximate surface area is 103 Å². The second kappa shape index (κ2) is 4.55. The minimum atomic E-state index is -0.908. The summed E-state index contributed by atoms with van der Waals surface area (Å²) in [7, 11) is 0. The summed E-state index contributed by atoms with van der Waals surface area (Å²) in [6, 6.07) is 6.85. The number of nitrogens with two attached hydrogens (primary N) is 1. The van der Waals surface area contributed by atoms with Crippen molar-refractivity contribution in [1.82, 2.24) is 4.98 Å². The maximum absolute atomic E-state index is 10.7. The second-order valence-electron chi connectivity index (χ2n) is 3.74. The highest BCUT2D eigenvalue weighted by Gasteiger charge is 2.07. The van der Waals surface area contributed by atoms with Gasteiger partial charge in [-0.05, 0) is 24.6 Å². The van der Waals surface area contributed by atoms with Crippen LogP contribution in [0.3, 0.4) is 0 Å². The van der Waals surface area contributed by atoms with Crippen molar-refractivity contribution in [3.8, 4) is 0 Å². The molecule has 1 aromatic carbocycles. The summed E-state index contributed by atoms with van der Waals surface area (Å²) in [5, 5.41) is 9.36. The molecule has 88 valence electrons. The van der Waals surface area contributed by atoms with E-state index in [0.29, 0.717) is 10.7 Å². The highest BCUT2D eigenvalue weighted by Crippen LogP contribution is 2.22. The molecule has 4 nitrogen and oxygen atoms in total. The molecule has 0 spiro atoms. The highest BCUT2D eigenvalue weighted by molar-refractivity contribution is 7.15. The Bertz CT molecular complexity index is 546. The Morgan fingerprint density at radius 1 is 1.41 bits per heavy atom. The molecule has 0 fully saturated rings. The van der Waals surface area contributed by atoms with E-state index >= 15 is 0 Å². The molecule has 0 aliphatic rings. The first kappa shape index (κ1) is 11.6. The number of carboxylic acid groups (broad SMARTS) is 1. The molecule has 0 aliphatic carbocycles. The number of hydrogen-bond donors (Lipinski definition) is 2. The molecular formula is C12H12N2O2S. The minimum absolute atomic E-state index is 0.300. The van der Waals surface area contributed by atoms with Crippen LogP contribution in [0.1, 0.15) is 26.5 Å². The van der Waals surface area contributed by atoms with Gasteiger partial charge in [-0.25, -0.2) is 9.78 Å². The zero-order chi connectivity index (χ0) is 12.4. The molecule has 0 saturated carbocycles. The van der Waals surface area contributed by atoms with Gasteiger partial charge in [-0.2, -0.15) is 0 Å². The number of aromatic nitrogens is 1. The van der Waals surface area contributed by atoms with Crippen molar-refractivity contribution in [3.63, 3.8) is 0 Å². The smallest absolute Gasteiger partial charge is 0.335 e. The molecule has 1 aromatic heterocycles. The third-order valence-corrected chi connectivity index (χ3v) is 3.46. The number of carboxylic acids is 1. The predicted molar refractivity (Wildman–Crippen MR) is 67.5 cm³/mol. The third kappa shape index (κ3) is 2.62. The number of thiazole rings is 1. The summed E-state index contributed by atoms with van der Waals surface area (Å²) >= 11 is 1.47. The Balaban J connectivity index is 2.19. The zero-order valence-electron chi connectivity index (χ0n) is 9.30. The molecule has 5 heteroatoms. The Kier molecular flexibility index (Phi) is 3.10. The van der Waals surface area contributed by atoms with E-state index in [1.54, 1.807) is 12.1 Å². The van der Waals surface area contributed by atoms with Crippen molar-refractivity contribution in [2.24, 2.45) is 0 Å². The summed E-state index contributed by atoms with van der Waals surface area (Å²) in [5.41, 5.74) is 7.92. The molecule has 3 N–H and O–H groups in total. The molecule has 0 saturated heterocycles. The average molecular weight is 248 g/mol. The van der Waals surface area contributed by atoms with Crippen LogP contribution < -0.4 is 5.73 Å². The van der Waals surface area contributed by atoms with Gasteiger partial charge in [-0.1, -0.05) is 12.1 Å². The van der Waals surface area contributed by atoms with Crippen molar-refractivity contribution >= 4 is 22.4 Å². The first-order valence-electron chi connectivity index (χ1n) is 5.10. The molecule has 17 heavy (non-hydrogen) atoms. The van der Waals surface area contributed by atoms with Gasteiger partial charge < -0.3 is 10.8 Å². The molecule has 0 radical (unpaired) electrons. The van der Waals surface area contributed by atoms with Gasteiger partial charge in [0.05, 0.1) is 11.3 Å². The number of nitrogen functional groups attached to an aromatic ring is 1. The van der Waals surface area contributed by atoms with Gasteiger partial charge in [0.2, 0.25) is 0 Å². The van der Waals surface area contributed by atoms with Crippen LogP contribution in [0.25, 0.3) is 0 Å². The molecule has 2 rings (SSSR count). The predicted octanol–water partition coefficient (Wildman–Crippen LogP) is 2.32. The number of anilines is 1. The van der Waals surface area contributed by atoms with E-state index in [1.807, 2.05) is 19.1 Å². The zero-order valence-corrected chi connectivity index (χ0v) is 10.1. The van der Waals surface area contributed by atoms with E-state index in [9.17, 15) is 4.79 Å². The van der Waals surface area contributed by atoms with Crippen LogP contribution in [0.2, 0.25) is 0 Å². The maximum Gasteiger partial charge on any atom is 0.335 e. The minimum Gasteiger partial charge on any atom is -0.478 e. The monoisotopic (exact) mass is 248 g/mol. The van der Waals surface area contributed by atoms with Crippen LogP contribution >= 0.6 is 11.3 Å². The molecule has 0 bridgehead atoms. The lowest BCUT2D eigenvalue weighted by molar-refractivity contribution is 0.0697. The van der Waals surface area contributed by atoms with E-state index in [1.165, 1.54) is 11.3 Å². The van der Waals surface area contributed by atoms with E-state index in [4.69, 9.17) is 10.8 Å². The molecule has 0 amide bonds. The van der Waals surface area contributed by atoms with E-state index in [0.717, 1.165) is 22.6 Å². The van der Waals surface area contributed by atoms with Crippen molar-refractivity contribution in [3.05, 3.63) is 46.0 Å². The van der Waals surface area contributed by atoms with Crippen LogP contribution in [0, 0.1) is 6.92 Å². The second-order valence-corrected chi connectivity index (χ2v) is 4.85. The average Bonchev–Trinajstić information content (AvgIpc) is 2.58. The van der Waals surface area contributed by atoms with Gasteiger partial charge in [0, 0.05) is 11.3 Å². The van der Waals surface area contributed by atoms with Crippen molar-refractivity contribution in [1.29, 1.82) is 0 Å². The first-order chi connectivity index (χ1) is 8.06. The summed E-state index contributed by atoms with van der Waals surface area (Å²) in [4.78, 5) is 16.0. The molecular weight excluding hydrogens is 236 g/mol. The van der Waals surface area contributed by atoms with Crippen molar-refractivity contribution < 1.29 is 9.90 Å². The van der Waals surface area contributed by atoms with Crippen LogP contribution in [0.4, 0.5) is 5.13 Å². The topological polar surface area (TPSA) is 76.2 Å². The summed E-state index contributed by atoms with van der Waals surface area (Å²) in [5.74, 6) is -0.908. The SMILES string of the molecule is Cc1nc(N)sc1Cc1ccc(C(=O)O)cc1. The summed E-state index contributed by atoms with van der Waals surface area (Å²) in [6.45, 7) is 1.92. The van der Waals surface area contributed by atoms with Crippen LogP contribution in [-0.2, 0) is 6.42 Å². The number of benzene rings is 1. The number of nitrogens with zero attached hydrogens (tertiary/aromatic N) is 1. The van der Waals surface area contributed by atoms with Gasteiger partial charge in [-0.3, -0.25) is 0 Å². The maximum atomic E-state index is 10.7. The molecule has 1 heterocycles. The van der Waals surface area contributed by atoms with Crippen molar-refractivity contribution in [2.45, 2.75) is 13.3 Å². The van der Waals surface area contributed by atoms with Crippen LogP contribution in [0.15, 0.2) is 24.3 Å². The number of carbonyl (C=O) groups is 1. The normalized spacial score (nSPS) is 10.4. The Morgan fingerprint density at radius 3 is 2.53 bits per heavy atom. The van der Waals surface area contributed by atoms with E-state index in [2.05, 4.69) is 4.98 Å². The lowest BCUT2D eigenvalue weighted by Crippen LogP contribution is -1.96. The van der Waals surface area contributed by atoms with Gasteiger partial charge in [0.25, 0.3) is 0 Å². The molecule has 0 aliphatic heterocycles.